The van der Waals surface area contributed by atoms with E-state index in [-0.39, 0.29) is 5.91 Å². The molecule has 0 atom stereocenters. The molecule has 0 saturated heterocycles. The van der Waals surface area contributed by atoms with E-state index in [2.05, 4.69) is 21.2 Å². The van der Waals surface area contributed by atoms with Gasteiger partial charge in [0, 0.05) is 0 Å². The first-order chi connectivity index (χ1) is 8.47. The van der Waals surface area contributed by atoms with Gasteiger partial charge in [0.1, 0.15) is 0 Å². The average Bonchev–Trinajstić information content (AvgIpc) is 2.70. The number of nitrogens with one attached hydrogen (secondary N) is 1. The van der Waals surface area contributed by atoms with Gasteiger partial charge in [-0.05, 0) is 59.1 Å². The lowest BCUT2D eigenvalue weighted by Crippen LogP contribution is -2.11. The summed E-state index contributed by atoms with van der Waals surface area (Å²) in [4.78, 5) is 12.7. The first-order valence-corrected chi connectivity index (χ1v) is 7.29. The first-order valence-electron chi connectivity index (χ1n) is 5.31. The van der Waals surface area contributed by atoms with Crippen LogP contribution in [-0.2, 0) is 0 Å². The lowest BCUT2D eigenvalue weighted by atomic mass is 10.1. The fourth-order valence-electron chi connectivity index (χ4n) is 1.69. The summed E-state index contributed by atoms with van der Waals surface area (Å²) in [6.45, 7) is 3.90. The van der Waals surface area contributed by atoms with Crippen molar-refractivity contribution in [3.05, 3.63) is 49.1 Å². The van der Waals surface area contributed by atoms with Crippen LogP contribution in [0.3, 0.4) is 0 Å². The zero-order valence-corrected chi connectivity index (χ0v) is 13.0. The van der Waals surface area contributed by atoms with Gasteiger partial charge in [-0.3, -0.25) is 4.79 Å². The maximum atomic E-state index is 12.0. The molecule has 2 aromatic rings. The molecule has 18 heavy (non-hydrogen) atoms. The molecule has 1 N–H and O–H groups in total. The molecule has 1 aromatic heterocycles. The van der Waals surface area contributed by atoms with E-state index in [4.69, 9.17) is 11.6 Å². The van der Waals surface area contributed by atoms with Crippen molar-refractivity contribution in [3.63, 3.8) is 0 Å². The minimum absolute atomic E-state index is 0.139. The quantitative estimate of drug-likeness (QED) is 0.813. The van der Waals surface area contributed by atoms with Gasteiger partial charge < -0.3 is 5.32 Å². The van der Waals surface area contributed by atoms with E-state index in [0.717, 1.165) is 14.9 Å². The van der Waals surface area contributed by atoms with Gasteiger partial charge in [-0.15, -0.1) is 11.3 Å². The maximum absolute atomic E-state index is 12.0. The van der Waals surface area contributed by atoms with Crippen LogP contribution in [0.25, 0.3) is 0 Å². The number of hydrogen-bond acceptors (Lipinski definition) is 2. The van der Waals surface area contributed by atoms with Crippen LogP contribution in [-0.4, -0.2) is 5.91 Å². The van der Waals surface area contributed by atoms with E-state index in [9.17, 15) is 4.79 Å². The number of benzene rings is 1. The van der Waals surface area contributed by atoms with Crippen LogP contribution >= 0.6 is 38.9 Å². The molecule has 0 aliphatic rings. The number of carbonyl (C=O) groups excluding carboxylic acids is 1. The molecule has 1 aromatic carbocycles. The fraction of sp³-hybridized carbons (Fsp3) is 0.154. The Morgan fingerprint density at radius 2 is 2.06 bits per heavy atom. The smallest absolute Gasteiger partial charge is 0.265 e. The predicted molar refractivity (Wildman–Crippen MR) is 80.9 cm³/mol. The molecule has 0 aliphatic carbocycles. The molecule has 0 aliphatic heterocycles. The van der Waals surface area contributed by atoms with E-state index in [1.807, 2.05) is 32.0 Å². The molecule has 0 fully saturated rings. The van der Waals surface area contributed by atoms with Crippen molar-refractivity contribution in [2.45, 2.75) is 13.8 Å². The topological polar surface area (TPSA) is 29.1 Å². The minimum Gasteiger partial charge on any atom is -0.320 e. The standard InChI is InChI=1S/C13H11BrClNOS/c1-7-5-8(2)12(9(15)6-7)16-13(17)10-3-4-11(14)18-10/h3-6H,1-2H3,(H,16,17). The average molecular weight is 345 g/mol. The van der Waals surface area contributed by atoms with E-state index in [1.165, 1.54) is 11.3 Å². The second kappa shape index (κ2) is 5.43. The van der Waals surface area contributed by atoms with Crippen LogP contribution in [0.15, 0.2) is 28.1 Å². The van der Waals surface area contributed by atoms with E-state index in [0.29, 0.717) is 15.6 Å². The molecule has 0 spiro atoms. The summed E-state index contributed by atoms with van der Waals surface area (Å²) in [7, 11) is 0. The number of thiophene rings is 1. The number of carbonyl (C=O) groups is 1. The molecule has 5 heteroatoms. The Balaban J connectivity index is 2.27. The highest BCUT2D eigenvalue weighted by Gasteiger charge is 2.12. The number of aryl methyl sites for hydroxylation is 2. The van der Waals surface area contributed by atoms with Gasteiger partial charge in [-0.1, -0.05) is 17.7 Å². The normalized spacial score (nSPS) is 10.4. The van der Waals surface area contributed by atoms with Crippen molar-refractivity contribution in [1.29, 1.82) is 0 Å². The maximum Gasteiger partial charge on any atom is 0.265 e. The molecule has 1 heterocycles. The Morgan fingerprint density at radius 1 is 1.33 bits per heavy atom. The summed E-state index contributed by atoms with van der Waals surface area (Å²) in [5.74, 6) is -0.139. The Kier molecular flexibility index (Phi) is 4.10. The Labute approximate surface area is 123 Å². The van der Waals surface area contributed by atoms with Crippen LogP contribution in [0.4, 0.5) is 5.69 Å². The number of rotatable bonds is 2. The molecule has 0 bridgehead atoms. The summed E-state index contributed by atoms with van der Waals surface area (Å²) in [6, 6.07) is 7.46. The Hall–Kier alpha value is -0.840. The van der Waals surface area contributed by atoms with Gasteiger partial charge in [0.15, 0.2) is 0 Å². The van der Waals surface area contributed by atoms with Crippen molar-refractivity contribution in [3.8, 4) is 0 Å². The Morgan fingerprint density at radius 3 is 2.61 bits per heavy atom. The van der Waals surface area contributed by atoms with Crippen LogP contribution in [0.2, 0.25) is 5.02 Å². The number of amides is 1. The van der Waals surface area contributed by atoms with Crippen LogP contribution < -0.4 is 5.32 Å². The number of halogens is 2. The highest BCUT2D eigenvalue weighted by molar-refractivity contribution is 9.11. The van der Waals surface area contributed by atoms with Gasteiger partial charge in [0.05, 0.1) is 19.4 Å². The zero-order chi connectivity index (χ0) is 13.3. The first kappa shape index (κ1) is 13.6. The second-order valence-corrected chi connectivity index (χ2v) is 6.87. The van der Waals surface area contributed by atoms with E-state index < -0.39 is 0 Å². The van der Waals surface area contributed by atoms with Crippen LogP contribution in [0, 0.1) is 13.8 Å². The third kappa shape index (κ3) is 2.94. The predicted octanol–water partition coefficient (Wildman–Crippen LogP) is 5.03. The molecule has 0 saturated carbocycles. The fourth-order valence-corrected chi connectivity index (χ4v) is 3.34. The summed E-state index contributed by atoms with van der Waals surface area (Å²) >= 11 is 10.9. The summed E-state index contributed by atoms with van der Waals surface area (Å²) < 4.78 is 0.930. The molecular formula is C13H11BrClNOS. The Bertz CT molecular complexity index is 586. The van der Waals surface area contributed by atoms with Gasteiger partial charge in [-0.2, -0.15) is 0 Å². The summed E-state index contributed by atoms with van der Waals surface area (Å²) in [5, 5.41) is 3.42. The second-order valence-electron chi connectivity index (χ2n) is 4.00. The van der Waals surface area contributed by atoms with Crippen molar-refractivity contribution >= 4 is 50.5 Å². The van der Waals surface area contributed by atoms with Crippen molar-refractivity contribution in [1.82, 2.24) is 0 Å². The highest BCUT2D eigenvalue weighted by atomic mass is 79.9. The van der Waals surface area contributed by atoms with Crippen molar-refractivity contribution < 1.29 is 4.79 Å². The molecule has 1 amide bonds. The number of anilines is 1. The lowest BCUT2D eigenvalue weighted by Gasteiger charge is -2.10. The van der Waals surface area contributed by atoms with Crippen molar-refractivity contribution in [2.75, 3.05) is 5.32 Å². The van der Waals surface area contributed by atoms with Gasteiger partial charge in [-0.25, -0.2) is 0 Å². The van der Waals surface area contributed by atoms with Gasteiger partial charge in [0.25, 0.3) is 5.91 Å². The molecular weight excluding hydrogens is 334 g/mol. The molecule has 0 radical (unpaired) electrons. The summed E-state index contributed by atoms with van der Waals surface area (Å²) in [5.41, 5.74) is 2.72. The summed E-state index contributed by atoms with van der Waals surface area (Å²) in [6.07, 6.45) is 0. The third-order valence-corrected chi connectivity index (χ3v) is 4.39. The van der Waals surface area contributed by atoms with Crippen LogP contribution in [0.1, 0.15) is 20.8 Å². The zero-order valence-electron chi connectivity index (χ0n) is 9.88. The van der Waals surface area contributed by atoms with E-state index >= 15 is 0 Å². The SMILES string of the molecule is Cc1cc(C)c(NC(=O)c2ccc(Br)s2)c(Cl)c1. The van der Waals surface area contributed by atoms with Gasteiger partial charge >= 0.3 is 0 Å². The highest BCUT2D eigenvalue weighted by Crippen LogP contribution is 2.29. The van der Waals surface area contributed by atoms with E-state index in [1.54, 1.807) is 6.07 Å². The van der Waals surface area contributed by atoms with Gasteiger partial charge in [0.2, 0.25) is 0 Å². The molecule has 0 unspecified atom stereocenters. The molecule has 2 rings (SSSR count). The molecule has 94 valence electrons. The lowest BCUT2D eigenvalue weighted by molar-refractivity contribution is 0.103. The third-order valence-electron chi connectivity index (χ3n) is 2.47. The molecule has 2 nitrogen and oxygen atoms in total. The van der Waals surface area contributed by atoms with Crippen molar-refractivity contribution in [2.24, 2.45) is 0 Å². The number of hydrogen-bond donors (Lipinski definition) is 1. The van der Waals surface area contributed by atoms with Crippen LogP contribution in [0.5, 0.6) is 0 Å². The monoisotopic (exact) mass is 343 g/mol. The largest absolute Gasteiger partial charge is 0.320 e. The minimum atomic E-state index is -0.139.